The summed E-state index contributed by atoms with van der Waals surface area (Å²) in [4.78, 5) is 23.4. The third-order valence-electron chi connectivity index (χ3n) is 4.34. The van der Waals surface area contributed by atoms with E-state index in [4.69, 9.17) is 10.5 Å². The summed E-state index contributed by atoms with van der Waals surface area (Å²) in [7, 11) is 0. The zero-order valence-electron chi connectivity index (χ0n) is 16.3. The van der Waals surface area contributed by atoms with Gasteiger partial charge in [0.25, 0.3) is 0 Å². The molecule has 158 valence electrons. The topological polar surface area (TPSA) is 114 Å². The Morgan fingerprint density at radius 2 is 1.76 bits per heavy atom. The van der Waals surface area contributed by atoms with Crippen LogP contribution in [0.15, 0.2) is 54.6 Å². The van der Waals surface area contributed by atoms with Gasteiger partial charge in [-0.3, -0.25) is 10.1 Å². The number of alkyl carbamates (subject to hydrolysis) is 1. The summed E-state index contributed by atoms with van der Waals surface area (Å²) in [5, 5.41) is 15.2. The molecule has 7 nitrogen and oxygen atoms in total. The molecule has 0 heterocycles. The van der Waals surface area contributed by atoms with Crippen molar-refractivity contribution in [1.29, 1.82) is 0 Å². The molecule has 0 radical (unpaired) electrons. The molecule has 0 saturated heterocycles. The number of aromatic hydroxyl groups is 1. The van der Waals surface area contributed by atoms with Gasteiger partial charge in [-0.05, 0) is 43.0 Å². The second-order valence-electron chi connectivity index (χ2n) is 6.57. The number of nitrogens with one attached hydrogen (secondary N) is 2. The van der Waals surface area contributed by atoms with Crippen LogP contribution in [0.2, 0.25) is 0 Å². The van der Waals surface area contributed by atoms with Gasteiger partial charge in [0.1, 0.15) is 12.4 Å². The maximum Gasteiger partial charge on any atom is 0.407 e. The van der Waals surface area contributed by atoms with Gasteiger partial charge >= 0.3 is 6.09 Å². The van der Waals surface area contributed by atoms with Gasteiger partial charge in [-0.2, -0.15) is 0 Å². The number of halogens is 1. The average molecular weight is 422 g/mol. The molecule has 0 spiro atoms. The Balaban J connectivity index is 0.00000420. The Labute approximate surface area is 177 Å². The first-order valence-corrected chi connectivity index (χ1v) is 9.24. The monoisotopic (exact) mass is 421 g/mol. The molecule has 2 aromatic rings. The molecule has 0 aromatic heterocycles. The largest absolute Gasteiger partial charge is 0.508 e. The Hall–Kier alpha value is -2.77. The number of rotatable bonds is 10. The van der Waals surface area contributed by atoms with E-state index in [0.717, 1.165) is 11.1 Å². The van der Waals surface area contributed by atoms with Gasteiger partial charge in [-0.1, -0.05) is 42.5 Å². The number of amides is 2. The third kappa shape index (κ3) is 8.85. The van der Waals surface area contributed by atoms with E-state index in [1.807, 2.05) is 37.3 Å². The molecule has 0 aliphatic carbocycles. The smallest absolute Gasteiger partial charge is 0.407 e. The maximum absolute atomic E-state index is 11.7. The Morgan fingerprint density at radius 1 is 1.10 bits per heavy atom. The lowest BCUT2D eigenvalue weighted by atomic mass is 10.0. The van der Waals surface area contributed by atoms with E-state index in [1.165, 1.54) is 0 Å². The molecule has 0 aliphatic heterocycles. The number of primary amides is 1. The van der Waals surface area contributed by atoms with E-state index >= 15 is 0 Å². The summed E-state index contributed by atoms with van der Waals surface area (Å²) in [5.74, 6) is -0.259. The van der Waals surface area contributed by atoms with Crippen molar-refractivity contribution in [2.24, 2.45) is 5.73 Å². The highest BCUT2D eigenvalue weighted by Crippen LogP contribution is 2.17. The highest BCUT2D eigenvalue weighted by molar-refractivity contribution is 5.85. The molecule has 0 aliphatic rings. The van der Waals surface area contributed by atoms with Crippen LogP contribution in [0.3, 0.4) is 0 Å². The summed E-state index contributed by atoms with van der Waals surface area (Å²) in [6, 6.07) is 15.6. The van der Waals surface area contributed by atoms with Gasteiger partial charge in [-0.15, -0.1) is 12.4 Å². The number of carbonyl (C=O) groups excluding carboxylic acids is 2. The van der Waals surface area contributed by atoms with Crippen LogP contribution in [0.5, 0.6) is 5.75 Å². The first kappa shape index (κ1) is 24.3. The first-order valence-electron chi connectivity index (χ1n) is 9.24. The molecule has 0 unspecified atom stereocenters. The predicted molar refractivity (Wildman–Crippen MR) is 114 cm³/mol. The van der Waals surface area contributed by atoms with Crippen LogP contribution < -0.4 is 16.4 Å². The highest BCUT2D eigenvalue weighted by Gasteiger charge is 2.18. The molecule has 29 heavy (non-hydrogen) atoms. The summed E-state index contributed by atoms with van der Waals surface area (Å²) in [6.45, 7) is 2.51. The van der Waals surface area contributed by atoms with Gasteiger partial charge in [0, 0.05) is 12.6 Å². The normalized spacial score (nSPS) is 12.3. The Bertz CT molecular complexity index is 756. The summed E-state index contributed by atoms with van der Waals surface area (Å²) < 4.78 is 5.14. The molecular formula is C21H28ClN3O4. The number of nitrogens with two attached hydrogens (primary N) is 1. The summed E-state index contributed by atoms with van der Waals surface area (Å²) >= 11 is 0. The number of hydrogen-bond donors (Lipinski definition) is 4. The molecule has 2 atom stereocenters. The highest BCUT2D eigenvalue weighted by atomic mass is 35.5. The van der Waals surface area contributed by atoms with Crippen LogP contribution in [0.25, 0.3) is 0 Å². The van der Waals surface area contributed by atoms with Crippen LogP contribution >= 0.6 is 12.4 Å². The van der Waals surface area contributed by atoms with Gasteiger partial charge < -0.3 is 20.9 Å². The van der Waals surface area contributed by atoms with Crippen LogP contribution in [0, 0.1) is 0 Å². The number of carbonyl (C=O) groups is 2. The lowest BCUT2D eigenvalue weighted by molar-refractivity contribution is -0.120. The lowest BCUT2D eigenvalue weighted by Crippen LogP contribution is -2.43. The number of phenols is 1. The zero-order valence-corrected chi connectivity index (χ0v) is 17.2. The van der Waals surface area contributed by atoms with Crippen molar-refractivity contribution in [2.75, 3.05) is 6.54 Å². The van der Waals surface area contributed by atoms with Crippen molar-refractivity contribution in [3.05, 3.63) is 65.7 Å². The van der Waals surface area contributed by atoms with Crippen molar-refractivity contribution in [2.45, 2.75) is 38.5 Å². The van der Waals surface area contributed by atoms with Crippen LogP contribution in [0.1, 0.15) is 36.9 Å². The molecule has 2 amide bonds. The molecule has 0 saturated carbocycles. The minimum atomic E-state index is -0.522. The standard InChI is InChI=1S/C21H27N3O4.ClH/c1-15(17-9-11-18(25)12-10-17)24-19(20(22)26)8-5-13-23-21(27)28-14-16-6-3-2-4-7-16;/h2-4,6-7,9-12,15,19,24-25H,5,8,13-14H2,1H3,(H2,22,26)(H,23,27);1H/t15-,19+;/m0./s1. The van der Waals surface area contributed by atoms with E-state index in [2.05, 4.69) is 10.6 Å². The van der Waals surface area contributed by atoms with E-state index < -0.39 is 18.0 Å². The van der Waals surface area contributed by atoms with E-state index in [-0.39, 0.29) is 30.8 Å². The van der Waals surface area contributed by atoms with Crippen molar-refractivity contribution in [1.82, 2.24) is 10.6 Å². The van der Waals surface area contributed by atoms with Crippen LogP contribution in [-0.2, 0) is 16.1 Å². The van der Waals surface area contributed by atoms with Crippen molar-refractivity contribution < 1.29 is 19.4 Å². The molecule has 5 N–H and O–H groups in total. The lowest BCUT2D eigenvalue weighted by Gasteiger charge is -2.21. The Kier molecular flexibility index (Phi) is 10.6. The van der Waals surface area contributed by atoms with Crippen molar-refractivity contribution >= 4 is 24.4 Å². The minimum Gasteiger partial charge on any atom is -0.508 e. The van der Waals surface area contributed by atoms with Crippen molar-refractivity contribution in [3.63, 3.8) is 0 Å². The SMILES string of the molecule is C[C@H](N[C@H](CCCNC(=O)OCc1ccccc1)C(N)=O)c1ccc(O)cc1.Cl. The number of benzene rings is 2. The van der Waals surface area contributed by atoms with Crippen LogP contribution in [-0.4, -0.2) is 29.7 Å². The fraction of sp³-hybridized carbons (Fsp3) is 0.333. The first-order chi connectivity index (χ1) is 13.5. The van der Waals surface area contributed by atoms with Gasteiger partial charge in [0.05, 0.1) is 6.04 Å². The van der Waals surface area contributed by atoms with Gasteiger partial charge in [0.2, 0.25) is 5.91 Å². The number of phenolic OH excluding ortho intramolecular Hbond substituents is 1. The number of ether oxygens (including phenoxy) is 1. The minimum absolute atomic E-state index is 0. The third-order valence-corrected chi connectivity index (χ3v) is 4.34. The second kappa shape index (κ2) is 12.6. The molecule has 2 aromatic carbocycles. The van der Waals surface area contributed by atoms with E-state index in [0.29, 0.717) is 19.4 Å². The van der Waals surface area contributed by atoms with E-state index in [9.17, 15) is 14.7 Å². The van der Waals surface area contributed by atoms with Crippen LogP contribution in [0.4, 0.5) is 4.79 Å². The summed E-state index contributed by atoms with van der Waals surface area (Å²) in [6.07, 6.45) is 0.560. The quantitative estimate of drug-likeness (QED) is 0.440. The zero-order chi connectivity index (χ0) is 20.4. The number of hydrogen-bond acceptors (Lipinski definition) is 5. The predicted octanol–water partition coefficient (Wildman–Crippen LogP) is 3.03. The Morgan fingerprint density at radius 3 is 2.38 bits per heavy atom. The second-order valence-corrected chi connectivity index (χ2v) is 6.57. The van der Waals surface area contributed by atoms with E-state index in [1.54, 1.807) is 24.3 Å². The maximum atomic E-state index is 11.7. The molecular weight excluding hydrogens is 394 g/mol. The molecule has 0 bridgehead atoms. The van der Waals surface area contributed by atoms with Gasteiger partial charge in [0.15, 0.2) is 0 Å². The van der Waals surface area contributed by atoms with Gasteiger partial charge in [-0.25, -0.2) is 4.79 Å². The molecule has 2 rings (SSSR count). The average Bonchev–Trinajstić information content (AvgIpc) is 2.69. The summed E-state index contributed by atoms with van der Waals surface area (Å²) in [5.41, 5.74) is 7.34. The molecule has 0 fully saturated rings. The fourth-order valence-electron chi connectivity index (χ4n) is 2.74. The van der Waals surface area contributed by atoms with Crippen molar-refractivity contribution in [3.8, 4) is 5.75 Å². The molecule has 8 heteroatoms. The fourth-order valence-corrected chi connectivity index (χ4v) is 2.74.